The molecule has 104 valence electrons. The summed E-state index contributed by atoms with van der Waals surface area (Å²) in [6.45, 7) is 8.29. The number of aryl methyl sites for hydroxylation is 4. The van der Waals surface area contributed by atoms with Crippen molar-refractivity contribution in [2.75, 3.05) is 5.43 Å². The number of hydrazone groups is 1. The molecule has 0 saturated carbocycles. The molecule has 0 fully saturated rings. The van der Waals surface area contributed by atoms with Crippen molar-refractivity contribution in [2.24, 2.45) is 5.10 Å². The van der Waals surface area contributed by atoms with Crippen LogP contribution in [-0.2, 0) is 0 Å². The van der Waals surface area contributed by atoms with Crippen LogP contribution in [-0.4, -0.2) is 6.21 Å². The summed E-state index contributed by atoms with van der Waals surface area (Å²) in [5.74, 6) is 0. The van der Waals surface area contributed by atoms with Crippen LogP contribution in [0.5, 0.6) is 0 Å². The molecule has 0 aliphatic carbocycles. The fourth-order valence-electron chi connectivity index (χ4n) is 2.23. The highest BCUT2D eigenvalue weighted by molar-refractivity contribution is 6.31. The molecule has 2 nitrogen and oxygen atoms in total. The van der Waals surface area contributed by atoms with E-state index in [4.69, 9.17) is 11.6 Å². The zero-order valence-electron chi connectivity index (χ0n) is 12.3. The molecule has 2 rings (SSSR count). The van der Waals surface area contributed by atoms with Gasteiger partial charge in [-0.2, -0.15) is 5.10 Å². The van der Waals surface area contributed by atoms with Crippen molar-refractivity contribution in [1.29, 1.82) is 0 Å². The zero-order valence-corrected chi connectivity index (χ0v) is 13.0. The summed E-state index contributed by atoms with van der Waals surface area (Å²) in [6, 6.07) is 10.1. The largest absolute Gasteiger partial charge is 0.278 e. The van der Waals surface area contributed by atoms with Gasteiger partial charge in [0, 0.05) is 10.6 Å². The van der Waals surface area contributed by atoms with Crippen molar-refractivity contribution in [3.63, 3.8) is 0 Å². The summed E-state index contributed by atoms with van der Waals surface area (Å²) in [5.41, 5.74) is 9.86. The smallest absolute Gasteiger partial charge is 0.0576 e. The molecule has 2 aromatic rings. The summed E-state index contributed by atoms with van der Waals surface area (Å²) in [7, 11) is 0. The third-order valence-corrected chi connectivity index (χ3v) is 3.70. The van der Waals surface area contributed by atoms with Gasteiger partial charge >= 0.3 is 0 Å². The minimum atomic E-state index is 0.743. The average molecular weight is 287 g/mol. The fraction of sp³-hybridized carbons (Fsp3) is 0.235. The Bertz CT molecular complexity index is 637. The lowest BCUT2D eigenvalue weighted by atomic mass is 10.0. The second kappa shape index (κ2) is 6.10. The molecule has 0 spiro atoms. The van der Waals surface area contributed by atoms with Crippen LogP contribution in [0.1, 0.15) is 27.8 Å². The number of halogens is 1. The SMILES string of the molecule is Cc1cc(C)c(/C=N\Nc2ccc(C)c(Cl)c2)c(C)c1. The van der Waals surface area contributed by atoms with Crippen molar-refractivity contribution in [3.05, 3.63) is 63.2 Å². The Morgan fingerprint density at radius 1 is 0.950 bits per heavy atom. The predicted octanol–water partition coefficient (Wildman–Crippen LogP) is 5.02. The Morgan fingerprint density at radius 2 is 1.60 bits per heavy atom. The van der Waals surface area contributed by atoms with E-state index >= 15 is 0 Å². The van der Waals surface area contributed by atoms with Gasteiger partial charge in [0.1, 0.15) is 0 Å². The van der Waals surface area contributed by atoms with E-state index in [1.807, 2.05) is 31.3 Å². The molecule has 0 aromatic heterocycles. The Morgan fingerprint density at radius 3 is 2.20 bits per heavy atom. The summed E-state index contributed by atoms with van der Waals surface area (Å²) >= 11 is 6.09. The van der Waals surface area contributed by atoms with Gasteiger partial charge in [-0.3, -0.25) is 5.43 Å². The molecular weight excluding hydrogens is 268 g/mol. The van der Waals surface area contributed by atoms with Crippen LogP contribution in [0.2, 0.25) is 5.02 Å². The maximum absolute atomic E-state index is 6.09. The maximum Gasteiger partial charge on any atom is 0.0576 e. The van der Waals surface area contributed by atoms with Gasteiger partial charge in [-0.25, -0.2) is 0 Å². The molecule has 0 radical (unpaired) electrons. The minimum absolute atomic E-state index is 0.743. The molecule has 1 N–H and O–H groups in total. The monoisotopic (exact) mass is 286 g/mol. The van der Waals surface area contributed by atoms with Crippen molar-refractivity contribution < 1.29 is 0 Å². The van der Waals surface area contributed by atoms with Gasteiger partial charge in [-0.05, 0) is 56.5 Å². The summed E-state index contributed by atoms with van der Waals surface area (Å²) < 4.78 is 0. The molecule has 0 saturated heterocycles. The molecular formula is C17H19ClN2. The van der Waals surface area contributed by atoms with Crippen LogP contribution in [0, 0.1) is 27.7 Å². The molecule has 0 heterocycles. The summed E-state index contributed by atoms with van der Waals surface area (Å²) in [6.07, 6.45) is 1.86. The number of nitrogens with one attached hydrogen (secondary N) is 1. The van der Waals surface area contributed by atoms with Crippen LogP contribution < -0.4 is 5.43 Å². The number of anilines is 1. The topological polar surface area (TPSA) is 24.4 Å². The van der Waals surface area contributed by atoms with E-state index in [0.29, 0.717) is 0 Å². The minimum Gasteiger partial charge on any atom is -0.278 e. The number of hydrogen-bond acceptors (Lipinski definition) is 2. The number of nitrogens with zero attached hydrogens (tertiary/aromatic N) is 1. The normalized spacial score (nSPS) is 11.1. The highest BCUT2D eigenvalue weighted by Crippen LogP contribution is 2.20. The van der Waals surface area contributed by atoms with Crippen molar-refractivity contribution in [2.45, 2.75) is 27.7 Å². The summed E-state index contributed by atoms with van der Waals surface area (Å²) in [5, 5.41) is 5.04. The second-order valence-electron chi connectivity index (χ2n) is 5.15. The first kappa shape index (κ1) is 14.6. The Hall–Kier alpha value is -1.80. The van der Waals surface area contributed by atoms with E-state index in [1.54, 1.807) is 0 Å². The highest BCUT2D eigenvalue weighted by Gasteiger charge is 2.01. The van der Waals surface area contributed by atoms with Crippen LogP contribution in [0.25, 0.3) is 0 Å². The predicted molar refractivity (Wildman–Crippen MR) is 88.1 cm³/mol. The van der Waals surface area contributed by atoms with Crippen molar-refractivity contribution in [3.8, 4) is 0 Å². The Balaban J connectivity index is 2.16. The first-order valence-corrected chi connectivity index (χ1v) is 6.98. The van der Waals surface area contributed by atoms with Crippen molar-refractivity contribution in [1.82, 2.24) is 0 Å². The van der Waals surface area contributed by atoms with Crippen LogP contribution in [0.3, 0.4) is 0 Å². The molecule has 0 aliphatic rings. The fourth-order valence-corrected chi connectivity index (χ4v) is 2.41. The van der Waals surface area contributed by atoms with E-state index < -0.39 is 0 Å². The maximum atomic E-state index is 6.09. The number of rotatable bonds is 3. The van der Waals surface area contributed by atoms with Gasteiger partial charge in [-0.15, -0.1) is 0 Å². The number of benzene rings is 2. The zero-order chi connectivity index (χ0) is 14.7. The first-order valence-electron chi connectivity index (χ1n) is 6.60. The van der Waals surface area contributed by atoms with Gasteiger partial charge in [0.2, 0.25) is 0 Å². The van der Waals surface area contributed by atoms with Crippen molar-refractivity contribution >= 4 is 23.5 Å². The van der Waals surface area contributed by atoms with E-state index in [9.17, 15) is 0 Å². The van der Waals surface area contributed by atoms with E-state index in [1.165, 1.54) is 16.7 Å². The van der Waals surface area contributed by atoms with Crippen LogP contribution >= 0.6 is 11.6 Å². The van der Waals surface area contributed by atoms with Crippen LogP contribution in [0.15, 0.2) is 35.4 Å². The second-order valence-corrected chi connectivity index (χ2v) is 5.55. The lowest BCUT2D eigenvalue weighted by molar-refractivity contribution is 1.29. The van der Waals surface area contributed by atoms with Gasteiger partial charge in [-0.1, -0.05) is 35.4 Å². The van der Waals surface area contributed by atoms with E-state index in [2.05, 4.69) is 43.4 Å². The molecule has 3 heteroatoms. The molecule has 0 bridgehead atoms. The molecule has 0 amide bonds. The van der Waals surface area contributed by atoms with Crippen LogP contribution in [0.4, 0.5) is 5.69 Å². The molecule has 20 heavy (non-hydrogen) atoms. The molecule has 2 aromatic carbocycles. The van der Waals surface area contributed by atoms with Gasteiger partial charge < -0.3 is 0 Å². The summed E-state index contributed by atoms with van der Waals surface area (Å²) in [4.78, 5) is 0. The van der Waals surface area contributed by atoms with Gasteiger partial charge in [0.25, 0.3) is 0 Å². The quantitative estimate of drug-likeness (QED) is 0.622. The average Bonchev–Trinajstić information content (AvgIpc) is 2.36. The Kier molecular flexibility index (Phi) is 4.46. The van der Waals surface area contributed by atoms with Gasteiger partial charge in [0.05, 0.1) is 11.9 Å². The Labute approximate surface area is 125 Å². The number of hydrogen-bond donors (Lipinski definition) is 1. The van der Waals surface area contributed by atoms with Gasteiger partial charge in [0.15, 0.2) is 0 Å². The van der Waals surface area contributed by atoms with E-state index in [0.717, 1.165) is 21.8 Å². The third kappa shape index (κ3) is 3.40. The highest BCUT2D eigenvalue weighted by atomic mass is 35.5. The lowest BCUT2D eigenvalue weighted by Crippen LogP contribution is -1.96. The third-order valence-electron chi connectivity index (χ3n) is 3.30. The molecule has 0 unspecified atom stereocenters. The first-order chi connectivity index (χ1) is 9.47. The lowest BCUT2D eigenvalue weighted by Gasteiger charge is -2.07. The van der Waals surface area contributed by atoms with E-state index in [-0.39, 0.29) is 0 Å². The molecule has 0 atom stereocenters. The standard InChI is InChI=1S/C17H19ClN2/c1-11-7-13(3)16(14(4)8-11)10-19-20-15-6-5-12(2)17(18)9-15/h5-10,20H,1-4H3/b19-10-. The molecule has 0 aliphatic heterocycles.